The number of primary amides is 1. The highest BCUT2D eigenvalue weighted by molar-refractivity contribution is 14.0. The van der Waals surface area contributed by atoms with Gasteiger partial charge in [-0.25, -0.2) is 4.79 Å². The molecule has 1 saturated heterocycles. The Morgan fingerprint density at radius 1 is 1.31 bits per heavy atom. The molecule has 0 aromatic carbocycles. The number of aliphatic imine (C=N–C) groups is 1. The fourth-order valence-corrected chi connectivity index (χ4v) is 3.36. The third-order valence-corrected chi connectivity index (χ3v) is 4.46. The Morgan fingerprint density at radius 3 is 2.55 bits per heavy atom. The fraction of sp³-hybridized carbons (Fsp3) is 0.850. The van der Waals surface area contributed by atoms with Crippen molar-refractivity contribution in [1.29, 1.82) is 0 Å². The lowest BCUT2D eigenvalue weighted by molar-refractivity contribution is -0.119. The summed E-state index contributed by atoms with van der Waals surface area (Å²) in [5.74, 6) is 0.837. The van der Waals surface area contributed by atoms with Gasteiger partial charge in [-0.3, -0.25) is 9.79 Å². The quantitative estimate of drug-likeness (QED) is 0.257. The standard InChI is InChI=1S/C20H39N5O3.HI/c1-6-9-16(24-19(27)28-20(3,4)5)13-23-18(22-7-2)25-11-8-10-15(14-25)12-17(21)26;/h15-16H,6-14H2,1-5H3,(H2,21,26)(H,22,23)(H,24,27);1H. The van der Waals surface area contributed by atoms with Gasteiger partial charge in [-0.05, 0) is 52.9 Å². The molecule has 1 rings (SSSR count). The molecule has 0 aromatic rings. The van der Waals surface area contributed by atoms with Gasteiger partial charge in [0.25, 0.3) is 0 Å². The van der Waals surface area contributed by atoms with Crippen LogP contribution in [-0.4, -0.2) is 60.7 Å². The van der Waals surface area contributed by atoms with Crippen molar-refractivity contribution in [2.45, 2.75) is 78.4 Å². The average Bonchev–Trinajstić information content (AvgIpc) is 2.56. The number of carbonyl (C=O) groups is 2. The molecule has 170 valence electrons. The SMILES string of the molecule is CCCC(CN=C(NCC)N1CCCC(CC(N)=O)C1)NC(=O)OC(C)(C)C.I. The van der Waals surface area contributed by atoms with E-state index in [0.29, 0.717) is 13.0 Å². The predicted molar refractivity (Wildman–Crippen MR) is 128 cm³/mol. The molecule has 1 fully saturated rings. The van der Waals surface area contributed by atoms with Crippen LogP contribution in [0.4, 0.5) is 4.79 Å². The molecule has 29 heavy (non-hydrogen) atoms. The first-order valence-electron chi connectivity index (χ1n) is 10.5. The Kier molecular flexibility index (Phi) is 13.3. The van der Waals surface area contributed by atoms with Gasteiger partial charge in [0.15, 0.2) is 5.96 Å². The number of alkyl carbamates (subject to hydrolysis) is 1. The Bertz CT molecular complexity index is 537. The number of carbonyl (C=O) groups excluding carboxylic acids is 2. The van der Waals surface area contributed by atoms with E-state index in [1.54, 1.807) is 0 Å². The number of nitrogens with zero attached hydrogens (tertiary/aromatic N) is 2. The molecule has 0 radical (unpaired) electrons. The minimum atomic E-state index is -0.526. The highest BCUT2D eigenvalue weighted by atomic mass is 127. The van der Waals surface area contributed by atoms with Gasteiger partial charge in [-0.2, -0.15) is 0 Å². The minimum Gasteiger partial charge on any atom is -0.444 e. The maximum atomic E-state index is 12.1. The fourth-order valence-electron chi connectivity index (χ4n) is 3.36. The van der Waals surface area contributed by atoms with E-state index in [2.05, 4.69) is 22.5 Å². The van der Waals surface area contributed by atoms with E-state index in [4.69, 9.17) is 15.5 Å². The molecular formula is C20H40IN5O3. The second kappa shape index (κ2) is 13.9. The summed E-state index contributed by atoms with van der Waals surface area (Å²) in [7, 11) is 0. The lowest BCUT2D eigenvalue weighted by Crippen LogP contribution is -2.48. The van der Waals surface area contributed by atoms with Crippen LogP contribution in [0, 0.1) is 5.92 Å². The van der Waals surface area contributed by atoms with E-state index >= 15 is 0 Å². The molecule has 1 heterocycles. The number of piperidine rings is 1. The van der Waals surface area contributed by atoms with Gasteiger partial charge in [0.05, 0.1) is 12.6 Å². The molecule has 2 unspecified atom stereocenters. The summed E-state index contributed by atoms with van der Waals surface area (Å²) < 4.78 is 5.37. The van der Waals surface area contributed by atoms with Gasteiger partial charge in [0.1, 0.15) is 5.60 Å². The average molecular weight is 525 g/mol. The molecule has 0 bridgehead atoms. The van der Waals surface area contributed by atoms with Crippen molar-refractivity contribution in [3.05, 3.63) is 0 Å². The summed E-state index contributed by atoms with van der Waals surface area (Å²) in [6.45, 7) is 12.6. The van der Waals surface area contributed by atoms with Crippen LogP contribution < -0.4 is 16.4 Å². The van der Waals surface area contributed by atoms with Crippen LogP contribution in [0.3, 0.4) is 0 Å². The second-order valence-electron chi connectivity index (χ2n) is 8.45. The van der Waals surface area contributed by atoms with Crippen molar-refractivity contribution in [1.82, 2.24) is 15.5 Å². The monoisotopic (exact) mass is 525 g/mol. The van der Waals surface area contributed by atoms with Crippen molar-refractivity contribution in [3.63, 3.8) is 0 Å². The van der Waals surface area contributed by atoms with Gasteiger partial charge in [-0.1, -0.05) is 13.3 Å². The van der Waals surface area contributed by atoms with Gasteiger partial charge in [0.2, 0.25) is 5.91 Å². The van der Waals surface area contributed by atoms with Crippen LogP contribution in [0.1, 0.15) is 66.7 Å². The number of halogens is 1. The lowest BCUT2D eigenvalue weighted by atomic mass is 9.95. The highest BCUT2D eigenvalue weighted by Crippen LogP contribution is 2.19. The molecule has 2 amide bonds. The van der Waals surface area contributed by atoms with E-state index in [-0.39, 0.29) is 41.8 Å². The number of nitrogens with one attached hydrogen (secondary N) is 2. The maximum Gasteiger partial charge on any atom is 0.407 e. The first kappa shape index (κ1) is 27.7. The first-order valence-corrected chi connectivity index (χ1v) is 10.5. The minimum absolute atomic E-state index is 0. The zero-order chi connectivity index (χ0) is 21.2. The Hall–Kier alpha value is -1.26. The maximum absolute atomic E-state index is 12.1. The summed E-state index contributed by atoms with van der Waals surface area (Å²) in [6.07, 6.45) is 3.79. The normalized spacial score (nSPS) is 18.4. The summed E-state index contributed by atoms with van der Waals surface area (Å²) in [4.78, 5) is 30.3. The van der Waals surface area contributed by atoms with E-state index in [9.17, 15) is 9.59 Å². The van der Waals surface area contributed by atoms with Gasteiger partial charge in [-0.15, -0.1) is 24.0 Å². The van der Waals surface area contributed by atoms with Crippen molar-refractivity contribution in [3.8, 4) is 0 Å². The number of hydrogen-bond acceptors (Lipinski definition) is 4. The van der Waals surface area contributed by atoms with Crippen LogP contribution in [0.2, 0.25) is 0 Å². The lowest BCUT2D eigenvalue weighted by Gasteiger charge is -2.35. The number of rotatable bonds is 8. The third-order valence-electron chi connectivity index (χ3n) is 4.46. The summed E-state index contributed by atoms with van der Waals surface area (Å²) in [6, 6.07) is -0.0836. The van der Waals surface area contributed by atoms with E-state index in [1.165, 1.54) is 0 Å². The molecule has 4 N–H and O–H groups in total. The van der Waals surface area contributed by atoms with Crippen LogP contribution in [0.25, 0.3) is 0 Å². The van der Waals surface area contributed by atoms with Crippen molar-refractivity contribution in [2.24, 2.45) is 16.6 Å². The van der Waals surface area contributed by atoms with E-state index in [0.717, 1.165) is 51.3 Å². The molecule has 9 heteroatoms. The van der Waals surface area contributed by atoms with Crippen molar-refractivity contribution >= 4 is 41.9 Å². The number of hydrogen-bond donors (Lipinski definition) is 3. The largest absolute Gasteiger partial charge is 0.444 e. The Balaban J connectivity index is 0.00000784. The number of guanidine groups is 1. The van der Waals surface area contributed by atoms with Crippen LogP contribution >= 0.6 is 24.0 Å². The van der Waals surface area contributed by atoms with Crippen molar-refractivity contribution < 1.29 is 14.3 Å². The topological polar surface area (TPSA) is 109 Å². The van der Waals surface area contributed by atoms with E-state index < -0.39 is 11.7 Å². The molecule has 0 saturated carbocycles. The smallest absolute Gasteiger partial charge is 0.407 e. The summed E-state index contributed by atoms with van der Waals surface area (Å²) >= 11 is 0. The molecule has 2 atom stereocenters. The second-order valence-corrected chi connectivity index (χ2v) is 8.45. The number of likely N-dealkylation sites (tertiary alicyclic amines) is 1. The van der Waals surface area contributed by atoms with Gasteiger partial charge < -0.3 is 26.0 Å². The van der Waals surface area contributed by atoms with Crippen molar-refractivity contribution in [2.75, 3.05) is 26.2 Å². The molecule has 0 aliphatic carbocycles. The predicted octanol–water partition coefficient (Wildman–Crippen LogP) is 2.85. The summed E-state index contributed by atoms with van der Waals surface area (Å²) in [5, 5.41) is 6.27. The number of ether oxygens (including phenoxy) is 1. The Morgan fingerprint density at radius 2 is 2.00 bits per heavy atom. The van der Waals surface area contributed by atoms with Gasteiger partial charge >= 0.3 is 6.09 Å². The Labute approximate surface area is 192 Å². The molecule has 0 spiro atoms. The van der Waals surface area contributed by atoms with Crippen LogP contribution in [0.5, 0.6) is 0 Å². The first-order chi connectivity index (χ1) is 13.1. The third kappa shape index (κ3) is 12.1. The van der Waals surface area contributed by atoms with Crippen LogP contribution in [-0.2, 0) is 9.53 Å². The molecule has 1 aliphatic heterocycles. The molecule has 0 aromatic heterocycles. The van der Waals surface area contributed by atoms with Gasteiger partial charge in [0, 0.05) is 26.1 Å². The summed E-state index contributed by atoms with van der Waals surface area (Å²) in [5.41, 5.74) is 4.84. The highest BCUT2D eigenvalue weighted by Gasteiger charge is 2.24. The molecule has 8 nitrogen and oxygen atoms in total. The molecular weight excluding hydrogens is 485 g/mol. The van der Waals surface area contributed by atoms with Crippen LogP contribution in [0.15, 0.2) is 4.99 Å². The number of amides is 2. The zero-order valence-corrected chi connectivity index (χ0v) is 21.0. The zero-order valence-electron chi connectivity index (χ0n) is 18.6. The molecule has 1 aliphatic rings. The number of nitrogens with two attached hydrogens (primary N) is 1. The van der Waals surface area contributed by atoms with E-state index in [1.807, 2.05) is 27.7 Å².